The molecule has 1 saturated heterocycles. The molecule has 1 fully saturated rings. The van der Waals surface area contributed by atoms with Crippen LogP contribution in [0.5, 0.6) is 17.2 Å². The maximum atomic E-state index is 13.9. The van der Waals surface area contributed by atoms with E-state index in [1.165, 1.54) is 62.0 Å². The van der Waals surface area contributed by atoms with Gasteiger partial charge in [-0.05, 0) is 62.2 Å². The maximum Gasteiger partial charge on any atom is 0.264 e. The van der Waals surface area contributed by atoms with Gasteiger partial charge in [0.05, 0.1) is 42.5 Å². The summed E-state index contributed by atoms with van der Waals surface area (Å²) in [5.74, 6) is 0.0302. The minimum Gasteiger partial charge on any atom is -0.497 e. The Morgan fingerprint density at radius 2 is 1.44 bits per heavy atom. The monoisotopic (exact) mass is 603 g/mol. The van der Waals surface area contributed by atoms with E-state index in [9.17, 15) is 21.6 Å². The summed E-state index contributed by atoms with van der Waals surface area (Å²) in [6.45, 7) is 2.01. The maximum absolute atomic E-state index is 13.9. The number of hydrogen-bond acceptors (Lipinski definition) is 8. The molecule has 1 aliphatic heterocycles. The Bertz CT molecular complexity index is 1620. The lowest BCUT2D eigenvalue weighted by atomic mass is 10.2. The highest BCUT2D eigenvalue weighted by Gasteiger charge is 2.31. The number of aryl methyl sites for hydroxylation is 1. The van der Waals surface area contributed by atoms with E-state index in [1.54, 1.807) is 24.3 Å². The normalized spacial score (nSPS) is 14.0. The molecular weight excluding hydrogens is 570 g/mol. The van der Waals surface area contributed by atoms with Crippen LogP contribution in [0.3, 0.4) is 0 Å². The number of sulfonamides is 2. The Hall–Kier alpha value is -3.81. The number of nitrogens with one attached hydrogen (secondary N) is 1. The van der Waals surface area contributed by atoms with E-state index in [0.717, 1.165) is 22.7 Å². The van der Waals surface area contributed by atoms with Crippen LogP contribution in [-0.2, 0) is 24.8 Å². The van der Waals surface area contributed by atoms with Crippen LogP contribution in [0.25, 0.3) is 0 Å². The lowest BCUT2D eigenvalue weighted by molar-refractivity contribution is -0.114. The number of hydrogen-bond donors (Lipinski definition) is 1. The molecule has 3 aromatic rings. The molecule has 11 nitrogen and oxygen atoms in total. The molecular formula is C28H33N3O8S2. The van der Waals surface area contributed by atoms with Crippen molar-refractivity contribution in [2.75, 3.05) is 50.6 Å². The predicted octanol–water partition coefficient (Wildman–Crippen LogP) is 3.64. The smallest absolute Gasteiger partial charge is 0.264 e. The molecule has 0 aliphatic carbocycles. The first-order valence-corrected chi connectivity index (χ1v) is 15.7. The van der Waals surface area contributed by atoms with Crippen LogP contribution in [0.4, 0.5) is 11.4 Å². The first-order valence-electron chi connectivity index (χ1n) is 12.8. The van der Waals surface area contributed by atoms with Gasteiger partial charge in [-0.3, -0.25) is 9.10 Å². The summed E-state index contributed by atoms with van der Waals surface area (Å²) >= 11 is 0. The zero-order chi connectivity index (χ0) is 29.8. The van der Waals surface area contributed by atoms with E-state index in [4.69, 9.17) is 14.2 Å². The van der Waals surface area contributed by atoms with Gasteiger partial charge in [0.1, 0.15) is 23.8 Å². The SMILES string of the molecule is COc1ccc(OC)c(N(CC(=O)Nc2cc(S(=O)(=O)N3CCCC3)ccc2OC)S(=O)(=O)c2ccc(C)cc2)c1. The summed E-state index contributed by atoms with van der Waals surface area (Å²) in [5.41, 5.74) is 1.03. The second kappa shape index (κ2) is 12.4. The van der Waals surface area contributed by atoms with Crippen LogP contribution in [0.2, 0.25) is 0 Å². The van der Waals surface area contributed by atoms with E-state index in [1.807, 2.05) is 6.92 Å². The van der Waals surface area contributed by atoms with Gasteiger partial charge in [-0.15, -0.1) is 0 Å². The van der Waals surface area contributed by atoms with Gasteiger partial charge in [0.25, 0.3) is 10.0 Å². The Kier molecular flexibility index (Phi) is 9.10. The molecule has 0 unspecified atom stereocenters. The van der Waals surface area contributed by atoms with Gasteiger partial charge in [-0.25, -0.2) is 16.8 Å². The van der Waals surface area contributed by atoms with Gasteiger partial charge >= 0.3 is 0 Å². The third kappa shape index (κ3) is 6.42. The second-order valence-electron chi connectivity index (χ2n) is 9.38. The molecule has 0 bridgehead atoms. The number of rotatable bonds is 11. The fourth-order valence-corrected chi connectivity index (χ4v) is 7.44. The van der Waals surface area contributed by atoms with Crippen molar-refractivity contribution in [1.82, 2.24) is 4.31 Å². The van der Waals surface area contributed by atoms with Crippen molar-refractivity contribution in [1.29, 1.82) is 0 Å². The minimum absolute atomic E-state index is 0.00546. The summed E-state index contributed by atoms with van der Waals surface area (Å²) < 4.78 is 72.5. The fraction of sp³-hybridized carbons (Fsp3) is 0.321. The fourth-order valence-electron chi connectivity index (χ4n) is 4.47. The second-order valence-corrected chi connectivity index (χ2v) is 13.2. The zero-order valence-electron chi connectivity index (χ0n) is 23.3. The summed E-state index contributed by atoms with van der Waals surface area (Å²) in [6, 6.07) is 15.0. The number of amides is 1. The molecule has 220 valence electrons. The molecule has 0 atom stereocenters. The highest BCUT2D eigenvalue weighted by molar-refractivity contribution is 7.93. The number of nitrogens with zero attached hydrogens (tertiary/aromatic N) is 2. The number of ether oxygens (including phenoxy) is 3. The van der Waals surface area contributed by atoms with Crippen LogP contribution in [0.15, 0.2) is 70.5 Å². The molecule has 3 aromatic carbocycles. The van der Waals surface area contributed by atoms with Crippen LogP contribution in [0.1, 0.15) is 18.4 Å². The quantitative estimate of drug-likeness (QED) is 0.352. The number of benzene rings is 3. The van der Waals surface area contributed by atoms with Crippen LogP contribution in [0, 0.1) is 6.92 Å². The first-order chi connectivity index (χ1) is 19.5. The highest BCUT2D eigenvalue weighted by atomic mass is 32.2. The van der Waals surface area contributed by atoms with Crippen molar-refractivity contribution in [3.05, 3.63) is 66.2 Å². The number of anilines is 2. The summed E-state index contributed by atoms with van der Waals surface area (Å²) in [4.78, 5) is 13.4. The van der Waals surface area contributed by atoms with Crippen molar-refractivity contribution < 1.29 is 35.8 Å². The molecule has 1 N–H and O–H groups in total. The third-order valence-corrected chi connectivity index (χ3v) is 10.4. The Morgan fingerprint density at radius 3 is 2.05 bits per heavy atom. The predicted molar refractivity (Wildman–Crippen MR) is 155 cm³/mol. The molecule has 0 radical (unpaired) electrons. The molecule has 1 aliphatic rings. The third-order valence-electron chi connectivity index (χ3n) is 6.70. The molecule has 1 amide bonds. The van der Waals surface area contributed by atoms with Gasteiger partial charge in [0, 0.05) is 19.2 Å². The molecule has 0 aromatic heterocycles. The molecule has 0 spiro atoms. The van der Waals surface area contributed by atoms with Crippen molar-refractivity contribution >= 4 is 37.3 Å². The van der Waals surface area contributed by atoms with Crippen molar-refractivity contribution in [2.45, 2.75) is 29.6 Å². The van der Waals surface area contributed by atoms with Crippen molar-refractivity contribution in [2.24, 2.45) is 0 Å². The number of methoxy groups -OCH3 is 3. The van der Waals surface area contributed by atoms with E-state index in [2.05, 4.69) is 5.32 Å². The zero-order valence-corrected chi connectivity index (χ0v) is 24.9. The summed E-state index contributed by atoms with van der Waals surface area (Å²) in [5, 5.41) is 2.64. The van der Waals surface area contributed by atoms with E-state index in [0.29, 0.717) is 18.8 Å². The topological polar surface area (TPSA) is 132 Å². The molecule has 4 rings (SSSR count). The minimum atomic E-state index is -4.27. The average molecular weight is 604 g/mol. The van der Waals surface area contributed by atoms with Gasteiger partial charge in [0.15, 0.2) is 0 Å². The Morgan fingerprint density at radius 1 is 0.829 bits per heavy atom. The van der Waals surface area contributed by atoms with Crippen molar-refractivity contribution in [3.8, 4) is 17.2 Å². The standard InChI is InChI=1S/C28H33N3O8S2/c1-20-7-10-22(11-8-20)41(35,36)31(25-17-21(37-2)9-13-27(25)39-4)19-28(32)29-24-18-23(12-14-26(24)38-3)40(33,34)30-15-5-6-16-30/h7-14,17-18H,5-6,15-16,19H2,1-4H3,(H,29,32). The molecule has 13 heteroatoms. The summed E-state index contributed by atoms with van der Waals surface area (Å²) in [6.07, 6.45) is 1.55. The van der Waals surface area contributed by atoms with E-state index in [-0.39, 0.29) is 32.7 Å². The lowest BCUT2D eigenvalue weighted by Gasteiger charge is -2.26. The van der Waals surface area contributed by atoms with Gasteiger partial charge < -0.3 is 19.5 Å². The largest absolute Gasteiger partial charge is 0.497 e. The lowest BCUT2D eigenvalue weighted by Crippen LogP contribution is -2.38. The van der Waals surface area contributed by atoms with Gasteiger partial charge in [-0.1, -0.05) is 17.7 Å². The van der Waals surface area contributed by atoms with Gasteiger partial charge in [-0.2, -0.15) is 4.31 Å². The van der Waals surface area contributed by atoms with E-state index >= 15 is 0 Å². The van der Waals surface area contributed by atoms with Gasteiger partial charge in [0.2, 0.25) is 15.9 Å². The first kappa shape index (κ1) is 30.2. The average Bonchev–Trinajstić information content (AvgIpc) is 3.52. The molecule has 0 saturated carbocycles. The van der Waals surface area contributed by atoms with Crippen molar-refractivity contribution in [3.63, 3.8) is 0 Å². The van der Waals surface area contributed by atoms with Crippen LogP contribution in [-0.4, -0.2) is 68.0 Å². The van der Waals surface area contributed by atoms with E-state index < -0.39 is 32.5 Å². The van der Waals surface area contributed by atoms with Crippen LogP contribution < -0.4 is 23.8 Å². The highest BCUT2D eigenvalue weighted by Crippen LogP contribution is 2.36. The molecule has 1 heterocycles. The number of carbonyl (C=O) groups excluding carboxylic acids is 1. The van der Waals surface area contributed by atoms with Crippen LogP contribution >= 0.6 is 0 Å². The Labute approximate surface area is 240 Å². The summed E-state index contributed by atoms with van der Waals surface area (Å²) in [7, 11) is -3.84. The number of carbonyl (C=O) groups is 1. The molecule has 41 heavy (non-hydrogen) atoms. The Balaban J connectivity index is 1.73.